The van der Waals surface area contributed by atoms with Crippen molar-refractivity contribution in [3.05, 3.63) is 53.6 Å². The molecule has 0 aromatic heterocycles. The second-order valence-corrected chi connectivity index (χ2v) is 4.29. The van der Waals surface area contributed by atoms with Crippen molar-refractivity contribution < 1.29 is 24.2 Å². The Hall–Kier alpha value is -2.82. The molecule has 0 aliphatic carbocycles. The third-order valence-electron chi connectivity index (χ3n) is 3.05. The van der Waals surface area contributed by atoms with Crippen molar-refractivity contribution in [2.75, 3.05) is 14.2 Å². The monoisotopic (exact) mass is 286 g/mol. The fourth-order valence-corrected chi connectivity index (χ4v) is 2.00. The van der Waals surface area contributed by atoms with E-state index in [2.05, 4.69) is 4.74 Å². The molecule has 0 spiro atoms. The van der Waals surface area contributed by atoms with Crippen LogP contribution in [0, 0.1) is 0 Å². The van der Waals surface area contributed by atoms with Crippen LogP contribution in [-0.2, 0) is 4.74 Å². The van der Waals surface area contributed by atoms with E-state index in [0.29, 0.717) is 11.1 Å². The smallest absolute Gasteiger partial charge is 0.339 e. The summed E-state index contributed by atoms with van der Waals surface area (Å²) in [7, 11) is 2.73. The van der Waals surface area contributed by atoms with Gasteiger partial charge >= 0.3 is 11.9 Å². The van der Waals surface area contributed by atoms with E-state index in [-0.39, 0.29) is 11.3 Å². The quantitative estimate of drug-likeness (QED) is 0.875. The first-order valence-corrected chi connectivity index (χ1v) is 6.17. The van der Waals surface area contributed by atoms with Crippen LogP contribution in [0.1, 0.15) is 20.7 Å². The maximum absolute atomic E-state index is 11.5. The van der Waals surface area contributed by atoms with Crippen LogP contribution in [0.3, 0.4) is 0 Å². The van der Waals surface area contributed by atoms with Crippen molar-refractivity contribution >= 4 is 11.9 Å². The minimum atomic E-state index is -1.07. The van der Waals surface area contributed by atoms with Crippen molar-refractivity contribution in [3.63, 3.8) is 0 Å². The highest BCUT2D eigenvalue weighted by Crippen LogP contribution is 2.27. The summed E-state index contributed by atoms with van der Waals surface area (Å²) < 4.78 is 9.69. The molecular weight excluding hydrogens is 272 g/mol. The average molecular weight is 286 g/mol. The van der Waals surface area contributed by atoms with Gasteiger partial charge < -0.3 is 14.6 Å². The number of ether oxygens (including phenoxy) is 2. The molecule has 1 N–H and O–H groups in total. The van der Waals surface area contributed by atoms with Crippen molar-refractivity contribution in [1.82, 2.24) is 0 Å². The zero-order valence-electron chi connectivity index (χ0n) is 11.6. The van der Waals surface area contributed by atoms with Gasteiger partial charge in [-0.05, 0) is 35.4 Å². The molecule has 0 heterocycles. The number of carboxylic acids is 1. The van der Waals surface area contributed by atoms with Gasteiger partial charge in [0.2, 0.25) is 0 Å². The van der Waals surface area contributed by atoms with Crippen molar-refractivity contribution in [2.24, 2.45) is 0 Å². The Morgan fingerprint density at radius 3 is 2.33 bits per heavy atom. The van der Waals surface area contributed by atoms with Gasteiger partial charge in [-0.3, -0.25) is 0 Å². The minimum absolute atomic E-state index is 0.0680. The van der Waals surface area contributed by atoms with Crippen LogP contribution < -0.4 is 4.74 Å². The number of hydrogen-bond donors (Lipinski definition) is 1. The molecule has 0 unspecified atom stereocenters. The summed E-state index contributed by atoms with van der Waals surface area (Å²) >= 11 is 0. The molecule has 2 aromatic carbocycles. The third-order valence-corrected chi connectivity index (χ3v) is 3.05. The van der Waals surface area contributed by atoms with Crippen molar-refractivity contribution in [1.29, 1.82) is 0 Å². The predicted octanol–water partition coefficient (Wildman–Crippen LogP) is 2.85. The number of carbonyl (C=O) groups excluding carboxylic acids is 1. The molecule has 2 rings (SSSR count). The molecule has 2 aromatic rings. The van der Waals surface area contributed by atoms with Gasteiger partial charge in [0, 0.05) is 0 Å². The Labute approximate surface area is 121 Å². The standard InChI is InChI=1S/C16H14O5/c1-20-14-7-6-11(9-13(14)15(17)18)10-4-3-5-12(8-10)16(19)21-2/h3-9H,1-2H3,(H,17,18). The molecule has 0 aliphatic rings. The van der Waals surface area contributed by atoms with E-state index in [4.69, 9.17) is 4.74 Å². The number of benzene rings is 2. The maximum Gasteiger partial charge on any atom is 0.339 e. The largest absolute Gasteiger partial charge is 0.496 e. The second kappa shape index (κ2) is 6.09. The van der Waals surface area contributed by atoms with Gasteiger partial charge in [-0.1, -0.05) is 18.2 Å². The van der Waals surface area contributed by atoms with E-state index in [1.54, 1.807) is 36.4 Å². The minimum Gasteiger partial charge on any atom is -0.496 e. The molecule has 0 atom stereocenters. The molecule has 0 saturated heterocycles. The highest BCUT2D eigenvalue weighted by atomic mass is 16.5. The third kappa shape index (κ3) is 3.02. The lowest BCUT2D eigenvalue weighted by Crippen LogP contribution is -2.02. The molecule has 0 saturated carbocycles. The van der Waals surface area contributed by atoms with E-state index in [9.17, 15) is 14.7 Å². The molecule has 0 aliphatic heterocycles. The van der Waals surface area contributed by atoms with Crippen LogP contribution in [0.2, 0.25) is 0 Å². The Bertz CT molecular complexity index is 691. The van der Waals surface area contributed by atoms with Gasteiger partial charge in [0.05, 0.1) is 19.8 Å². The molecular formula is C16H14O5. The van der Waals surface area contributed by atoms with Gasteiger partial charge in [0.25, 0.3) is 0 Å². The fraction of sp³-hybridized carbons (Fsp3) is 0.125. The van der Waals surface area contributed by atoms with Gasteiger partial charge in [-0.25, -0.2) is 9.59 Å². The van der Waals surface area contributed by atoms with Crippen LogP contribution in [0.15, 0.2) is 42.5 Å². The van der Waals surface area contributed by atoms with E-state index < -0.39 is 11.9 Å². The van der Waals surface area contributed by atoms with Crippen LogP contribution in [0.25, 0.3) is 11.1 Å². The molecule has 5 heteroatoms. The molecule has 0 bridgehead atoms. The summed E-state index contributed by atoms with van der Waals surface area (Å²) in [6.07, 6.45) is 0. The maximum atomic E-state index is 11.5. The second-order valence-electron chi connectivity index (χ2n) is 4.29. The van der Waals surface area contributed by atoms with Gasteiger partial charge in [-0.15, -0.1) is 0 Å². The van der Waals surface area contributed by atoms with Crippen LogP contribution in [0.5, 0.6) is 5.75 Å². The Balaban J connectivity index is 2.49. The number of aromatic carboxylic acids is 1. The Morgan fingerprint density at radius 2 is 1.71 bits per heavy atom. The summed E-state index contributed by atoms with van der Waals surface area (Å²) in [6, 6.07) is 11.6. The first kappa shape index (κ1) is 14.6. The normalized spacial score (nSPS) is 10.0. The molecule has 5 nitrogen and oxygen atoms in total. The molecule has 108 valence electrons. The Kier molecular flexibility index (Phi) is 4.23. The van der Waals surface area contributed by atoms with Crippen LogP contribution in [-0.4, -0.2) is 31.3 Å². The number of rotatable bonds is 4. The SMILES string of the molecule is COC(=O)c1cccc(-c2ccc(OC)c(C(=O)O)c2)c1. The van der Waals surface area contributed by atoms with E-state index in [1.807, 2.05) is 0 Å². The molecule has 21 heavy (non-hydrogen) atoms. The number of carboxylic acid groups (broad SMARTS) is 1. The van der Waals surface area contributed by atoms with Gasteiger partial charge in [-0.2, -0.15) is 0 Å². The van der Waals surface area contributed by atoms with E-state index in [0.717, 1.165) is 5.56 Å². The van der Waals surface area contributed by atoms with Crippen LogP contribution in [0.4, 0.5) is 0 Å². The summed E-state index contributed by atoms with van der Waals surface area (Å²) in [5.74, 6) is -1.22. The zero-order chi connectivity index (χ0) is 15.4. The zero-order valence-corrected chi connectivity index (χ0v) is 11.6. The summed E-state index contributed by atoms with van der Waals surface area (Å²) in [4.78, 5) is 22.8. The topological polar surface area (TPSA) is 72.8 Å². The molecule has 0 fully saturated rings. The van der Waals surface area contributed by atoms with E-state index >= 15 is 0 Å². The average Bonchev–Trinajstić information content (AvgIpc) is 2.53. The van der Waals surface area contributed by atoms with Gasteiger partial charge in [0.15, 0.2) is 0 Å². The predicted molar refractivity (Wildman–Crippen MR) is 76.7 cm³/mol. The first-order chi connectivity index (χ1) is 10.1. The highest BCUT2D eigenvalue weighted by molar-refractivity contribution is 5.94. The summed E-state index contributed by atoms with van der Waals surface area (Å²) in [6.45, 7) is 0. The molecule has 0 radical (unpaired) electrons. The van der Waals surface area contributed by atoms with Crippen LogP contribution >= 0.6 is 0 Å². The first-order valence-electron chi connectivity index (χ1n) is 6.17. The van der Waals surface area contributed by atoms with Gasteiger partial charge in [0.1, 0.15) is 11.3 Å². The lowest BCUT2D eigenvalue weighted by molar-refractivity contribution is 0.0599. The van der Waals surface area contributed by atoms with Crippen molar-refractivity contribution in [3.8, 4) is 16.9 Å². The van der Waals surface area contributed by atoms with E-state index in [1.165, 1.54) is 20.3 Å². The number of carbonyl (C=O) groups is 2. The Morgan fingerprint density at radius 1 is 1.00 bits per heavy atom. The number of hydrogen-bond acceptors (Lipinski definition) is 4. The lowest BCUT2D eigenvalue weighted by atomic mass is 10.0. The summed E-state index contributed by atoms with van der Waals surface area (Å²) in [5.41, 5.74) is 1.88. The van der Waals surface area contributed by atoms with Crippen molar-refractivity contribution in [2.45, 2.75) is 0 Å². The summed E-state index contributed by atoms with van der Waals surface area (Å²) in [5, 5.41) is 9.19. The number of esters is 1. The highest BCUT2D eigenvalue weighted by Gasteiger charge is 2.13. The fourth-order valence-electron chi connectivity index (χ4n) is 2.00. The number of methoxy groups -OCH3 is 2. The lowest BCUT2D eigenvalue weighted by Gasteiger charge is -2.09. The molecule has 0 amide bonds.